The molecule has 31 heavy (non-hydrogen) atoms. The molecule has 3 aromatic rings. The molecule has 1 aliphatic heterocycles. The summed E-state index contributed by atoms with van der Waals surface area (Å²) in [6.07, 6.45) is -3.71. The lowest BCUT2D eigenvalue weighted by Gasteiger charge is -2.33. The molecule has 0 atom stereocenters. The van der Waals surface area contributed by atoms with Crippen molar-refractivity contribution in [3.63, 3.8) is 0 Å². The van der Waals surface area contributed by atoms with Crippen LogP contribution in [0.3, 0.4) is 0 Å². The van der Waals surface area contributed by atoms with Crippen LogP contribution in [0, 0.1) is 19.8 Å². The maximum absolute atomic E-state index is 13.7. The zero-order valence-corrected chi connectivity index (χ0v) is 17.3. The first-order valence-corrected chi connectivity index (χ1v) is 10.2. The summed E-state index contributed by atoms with van der Waals surface area (Å²) in [7, 11) is 0. The molecule has 8 heteroatoms. The zero-order valence-electron chi connectivity index (χ0n) is 17.3. The summed E-state index contributed by atoms with van der Waals surface area (Å²) in [6.45, 7) is 4.54. The summed E-state index contributed by atoms with van der Waals surface area (Å²) in [5.41, 5.74) is 2.50. The highest BCUT2D eigenvalue weighted by atomic mass is 19.4. The van der Waals surface area contributed by atoms with Crippen molar-refractivity contribution in [3.05, 3.63) is 59.3 Å². The van der Waals surface area contributed by atoms with Crippen molar-refractivity contribution in [2.45, 2.75) is 32.9 Å². The fraction of sp³-hybridized carbons (Fsp3) is 0.348. The van der Waals surface area contributed by atoms with Gasteiger partial charge in [-0.2, -0.15) is 13.2 Å². The molecule has 1 aliphatic rings. The maximum Gasteiger partial charge on any atom is 0.437 e. The Balaban J connectivity index is 1.50. The van der Waals surface area contributed by atoms with E-state index in [1.807, 2.05) is 32.0 Å². The van der Waals surface area contributed by atoms with Crippen LogP contribution in [0.5, 0.6) is 0 Å². The number of carbonyl (C=O) groups excluding carboxylic acids is 1. The van der Waals surface area contributed by atoms with Gasteiger partial charge >= 0.3 is 6.18 Å². The number of hydrogen-bond donors (Lipinski definition) is 1. The monoisotopic (exact) mass is 428 g/mol. The van der Waals surface area contributed by atoms with Crippen molar-refractivity contribution in [3.8, 4) is 0 Å². The average molecular weight is 428 g/mol. The van der Waals surface area contributed by atoms with E-state index in [1.165, 1.54) is 6.07 Å². The van der Waals surface area contributed by atoms with Crippen LogP contribution >= 0.6 is 0 Å². The van der Waals surface area contributed by atoms with Gasteiger partial charge in [0.05, 0.1) is 11.0 Å². The zero-order chi connectivity index (χ0) is 22.2. The molecule has 2 aromatic carbocycles. The van der Waals surface area contributed by atoms with Crippen LogP contribution in [0.15, 0.2) is 42.5 Å². The van der Waals surface area contributed by atoms with Crippen molar-refractivity contribution in [1.29, 1.82) is 0 Å². The van der Waals surface area contributed by atoms with Gasteiger partial charge in [-0.05, 0) is 62.1 Å². The molecule has 1 fully saturated rings. The van der Waals surface area contributed by atoms with E-state index < -0.39 is 11.9 Å². The molecule has 1 aromatic heterocycles. The first-order chi connectivity index (χ1) is 14.7. The minimum atomic E-state index is -4.61. The Morgan fingerprint density at radius 2 is 1.58 bits per heavy atom. The maximum atomic E-state index is 13.7. The van der Waals surface area contributed by atoms with Crippen LogP contribution in [0.4, 0.5) is 24.7 Å². The Morgan fingerprint density at radius 1 is 1.00 bits per heavy atom. The number of aryl methyl sites for hydroxylation is 2. The standard InChI is InChI=1S/C23H23F3N4O/c1-14-11-15(2)13-17(12-14)27-22(31)16-7-9-30(10-8-16)21-20(23(24,25)26)28-18-5-3-4-6-19(18)29-21/h3-6,11-13,16H,7-10H2,1-2H3,(H,27,31). The van der Waals surface area contributed by atoms with Crippen LogP contribution in [-0.4, -0.2) is 29.0 Å². The number of halogens is 3. The number of carbonyl (C=O) groups is 1. The predicted molar refractivity (Wildman–Crippen MR) is 114 cm³/mol. The van der Waals surface area contributed by atoms with Gasteiger partial charge in [-0.25, -0.2) is 9.97 Å². The molecule has 4 rings (SSSR count). The minimum Gasteiger partial charge on any atom is -0.355 e. The van der Waals surface area contributed by atoms with E-state index in [9.17, 15) is 18.0 Å². The van der Waals surface area contributed by atoms with Crippen LogP contribution in [-0.2, 0) is 11.0 Å². The lowest BCUT2D eigenvalue weighted by atomic mass is 9.95. The lowest BCUT2D eigenvalue weighted by Crippen LogP contribution is -2.39. The number of fused-ring (bicyclic) bond motifs is 1. The molecule has 1 amide bonds. The number of amides is 1. The fourth-order valence-electron chi connectivity index (χ4n) is 4.05. The summed E-state index contributed by atoms with van der Waals surface area (Å²) in [6, 6.07) is 12.4. The molecule has 0 spiro atoms. The van der Waals surface area contributed by atoms with E-state index in [0.29, 0.717) is 31.4 Å². The van der Waals surface area contributed by atoms with Gasteiger partial charge in [0.15, 0.2) is 11.5 Å². The van der Waals surface area contributed by atoms with E-state index in [-0.39, 0.29) is 23.2 Å². The number of nitrogens with one attached hydrogen (secondary N) is 1. The molecule has 162 valence electrons. The van der Waals surface area contributed by atoms with Crippen molar-refractivity contribution in [1.82, 2.24) is 9.97 Å². The normalized spacial score (nSPS) is 15.3. The number of para-hydroxylation sites is 2. The molecular weight excluding hydrogens is 405 g/mol. The summed E-state index contributed by atoms with van der Waals surface area (Å²) in [5.74, 6) is -0.538. The average Bonchev–Trinajstić information content (AvgIpc) is 2.71. The van der Waals surface area contributed by atoms with Crippen molar-refractivity contribution in [2.75, 3.05) is 23.3 Å². The fourth-order valence-corrected chi connectivity index (χ4v) is 4.05. The second-order valence-corrected chi connectivity index (χ2v) is 8.01. The molecule has 0 bridgehead atoms. The molecule has 0 unspecified atom stereocenters. The Labute approximate surface area is 178 Å². The molecule has 1 N–H and O–H groups in total. The topological polar surface area (TPSA) is 58.1 Å². The smallest absolute Gasteiger partial charge is 0.355 e. The van der Waals surface area contributed by atoms with E-state index >= 15 is 0 Å². The second-order valence-electron chi connectivity index (χ2n) is 8.01. The summed E-state index contributed by atoms with van der Waals surface area (Å²) in [5, 5.41) is 2.94. The summed E-state index contributed by atoms with van der Waals surface area (Å²) >= 11 is 0. The number of nitrogens with zero attached hydrogens (tertiary/aromatic N) is 3. The highest BCUT2D eigenvalue weighted by molar-refractivity contribution is 5.93. The number of alkyl halides is 3. The van der Waals surface area contributed by atoms with E-state index in [4.69, 9.17) is 0 Å². The molecule has 0 radical (unpaired) electrons. The Kier molecular flexibility index (Phi) is 5.56. The minimum absolute atomic E-state index is 0.106. The Hall–Kier alpha value is -3.16. The van der Waals surface area contributed by atoms with Crippen molar-refractivity contribution in [2.24, 2.45) is 5.92 Å². The van der Waals surface area contributed by atoms with Gasteiger partial charge in [0.25, 0.3) is 0 Å². The number of rotatable bonds is 3. The molecule has 0 aliphatic carbocycles. The predicted octanol–water partition coefficient (Wildman–Crippen LogP) is 5.12. The van der Waals surface area contributed by atoms with E-state index in [2.05, 4.69) is 15.3 Å². The number of aromatic nitrogens is 2. The van der Waals surface area contributed by atoms with Gasteiger partial charge < -0.3 is 10.2 Å². The number of piperidine rings is 1. The highest BCUT2D eigenvalue weighted by Gasteiger charge is 2.39. The van der Waals surface area contributed by atoms with Gasteiger partial charge in [0.1, 0.15) is 0 Å². The summed E-state index contributed by atoms with van der Waals surface area (Å²) in [4.78, 5) is 22.4. The third-order valence-corrected chi connectivity index (χ3v) is 5.48. The van der Waals surface area contributed by atoms with Gasteiger partial charge in [0.2, 0.25) is 5.91 Å². The van der Waals surface area contributed by atoms with Gasteiger partial charge in [-0.15, -0.1) is 0 Å². The lowest BCUT2D eigenvalue weighted by molar-refractivity contribution is -0.140. The third kappa shape index (κ3) is 4.62. The Morgan fingerprint density at radius 3 is 2.16 bits per heavy atom. The summed E-state index contributed by atoms with van der Waals surface area (Å²) < 4.78 is 41.0. The molecule has 2 heterocycles. The van der Waals surface area contributed by atoms with E-state index in [1.54, 1.807) is 23.1 Å². The number of benzene rings is 2. The first-order valence-electron chi connectivity index (χ1n) is 10.2. The third-order valence-electron chi connectivity index (χ3n) is 5.48. The first kappa shape index (κ1) is 21.1. The van der Waals surface area contributed by atoms with Crippen LogP contribution in [0.2, 0.25) is 0 Å². The largest absolute Gasteiger partial charge is 0.437 e. The van der Waals surface area contributed by atoms with Crippen LogP contribution in [0.1, 0.15) is 29.7 Å². The van der Waals surface area contributed by atoms with Crippen molar-refractivity contribution < 1.29 is 18.0 Å². The van der Waals surface area contributed by atoms with Crippen molar-refractivity contribution >= 4 is 28.4 Å². The second kappa shape index (κ2) is 8.17. The SMILES string of the molecule is Cc1cc(C)cc(NC(=O)C2CCN(c3nc4ccccc4nc3C(F)(F)F)CC2)c1. The molecular formula is C23H23F3N4O. The molecule has 5 nitrogen and oxygen atoms in total. The molecule has 1 saturated heterocycles. The number of anilines is 2. The Bertz CT molecular complexity index is 1100. The van der Waals surface area contributed by atoms with Crippen LogP contribution in [0.25, 0.3) is 11.0 Å². The highest BCUT2D eigenvalue weighted by Crippen LogP contribution is 2.36. The van der Waals surface area contributed by atoms with Gasteiger partial charge in [0, 0.05) is 24.7 Å². The molecule has 0 saturated carbocycles. The number of hydrogen-bond acceptors (Lipinski definition) is 4. The van der Waals surface area contributed by atoms with E-state index in [0.717, 1.165) is 16.8 Å². The van der Waals surface area contributed by atoms with Gasteiger partial charge in [-0.3, -0.25) is 4.79 Å². The quantitative estimate of drug-likeness (QED) is 0.629. The van der Waals surface area contributed by atoms with Crippen LogP contribution < -0.4 is 10.2 Å². The van der Waals surface area contributed by atoms with Gasteiger partial charge in [-0.1, -0.05) is 18.2 Å².